The van der Waals surface area contributed by atoms with Crippen molar-refractivity contribution in [1.29, 1.82) is 0 Å². The molecule has 2 heterocycles. The first kappa shape index (κ1) is 8.69. The molecule has 0 aliphatic carbocycles. The fourth-order valence-corrected chi connectivity index (χ4v) is 1.27. The van der Waals surface area contributed by atoms with Gasteiger partial charge in [-0.15, -0.1) is 0 Å². The van der Waals surface area contributed by atoms with E-state index >= 15 is 0 Å². The number of hydrogen-bond donors (Lipinski definition) is 0. The third-order valence-electron chi connectivity index (χ3n) is 1.94. The molecule has 70 valence electrons. The number of ether oxygens (including phenoxy) is 1. The zero-order valence-electron chi connectivity index (χ0n) is 7.84. The molecule has 0 N–H and O–H groups in total. The molecule has 0 aliphatic heterocycles. The number of rotatable bonds is 2. The number of methoxy groups -OCH3 is 1. The standard InChI is InChI=1S/C11H10N2O/c1-14-11-5-7-12-8-9(11)10-4-2-3-6-13-10/h2-8H,1H3. The first-order valence-electron chi connectivity index (χ1n) is 4.31. The van der Waals surface area contributed by atoms with Crippen LogP contribution in [0, 0.1) is 0 Å². The molecule has 0 aromatic carbocycles. The Bertz CT molecular complexity index is 415. The lowest BCUT2D eigenvalue weighted by atomic mass is 10.2. The number of nitrogens with zero attached hydrogens (tertiary/aromatic N) is 2. The molecule has 3 nitrogen and oxygen atoms in total. The normalized spacial score (nSPS) is 9.79. The molecule has 0 fully saturated rings. The van der Waals surface area contributed by atoms with Crippen molar-refractivity contribution in [2.24, 2.45) is 0 Å². The van der Waals surface area contributed by atoms with E-state index in [1.165, 1.54) is 0 Å². The SMILES string of the molecule is COc1ccncc1-c1ccccn1. The van der Waals surface area contributed by atoms with Crippen molar-refractivity contribution in [3.8, 4) is 17.0 Å². The van der Waals surface area contributed by atoms with Crippen molar-refractivity contribution in [2.75, 3.05) is 7.11 Å². The molecule has 0 amide bonds. The maximum absolute atomic E-state index is 5.22. The van der Waals surface area contributed by atoms with Crippen molar-refractivity contribution in [2.45, 2.75) is 0 Å². The molecule has 0 saturated heterocycles. The molecule has 0 aliphatic rings. The van der Waals surface area contributed by atoms with E-state index < -0.39 is 0 Å². The highest BCUT2D eigenvalue weighted by atomic mass is 16.5. The zero-order chi connectivity index (χ0) is 9.80. The summed E-state index contributed by atoms with van der Waals surface area (Å²) in [6, 6.07) is 7.57. The lowest BCUT2D eigenvalue weighted by molar-refractivity contribution is 0.416. The van der Waals surface area contributed by atoms with Crippen LogP contribution in [-0.2, 0) is 0 Å². The van der Waals surface area contributed by atoms with Gasteiger partial charge in [-0.25, -0.2) is 0 Å². The quantitative estimate of drug-likeness (QED) is 0.720. The van der Waals surface area contributed by atoms with Gasteiger partial charge in [-0.1, -0.05) is 6.07 Å². The second-order valence-corrected chi connectivity index (χ2v) is 2.79. The Labute approximate surface area is 82.4 Å². The minimum absolute atomic E-state index is 0.790. The Balaban J connectivity index is 2.51. The number of aromatic nitrogens is 2. The van der Waals surface area contributed by atoms with E-state index in [4.69, 9.17) is 4.74 Å². The van der Waals surface area contributed by atoms with Crippen LogP contribution in [-0.4, -0.2) is 17.1 Å². The summed E-state index contributed by atoms with van der Waals surface area (Å²) in [5.41, 5.74) is 1.79. The van der Waals surface area contributed by atoms with Gasteiger partial charge in [0.15, 0.2) is 0 Å². The van der Waals surface area contributed by atoms with Crippen LogP contribution in [0.2, 0.25) is 0 Å². The lowest BCUT2D eigenvalue weighted by Crippen LogP contribution is -1.90. The first-order valence-corrected chi connectivity index (χ1v) is 4.31. The highest BCUT2D eigenvalue weighted by molar-refractivity contribution is 5.65. The highest BCUT2D eigenvalue weighted by Crippen LogP contribution is 2.26. The highest BCUT2D eigenvalue weighted by Gasteiger charge is 2.04. The predicted molar refractivity (Wildman–Crippen MR) is 54.0 cm³/mol. The lowest BCUT2D eigenvalue weighted by Gasteiger charge is -2.05. The predicted octanol–water partition coefficient (Wildman–Crippen LogP) is 2.15. The molecule has 2 aromatic rings. The van der Waals surface area contributed by atoms with Gasteiger partial charge in [0.25, 0.3) is 0 Å². The summed E-state index contributed by atoms with van der Waals surface area (Å²) in [5, 5.41) is 0. The molecular formula is C11H10N2O. The van der Waals surface area contributed by atoms with Gasteiger partial charge in [-0.2, -0.15) is 0 Å². The molecule has 0 radical (unpaired) electrons. The topological polar surface area (TPSA) is 35.0 Å². The summed E-state index contributed by atoms with van der Waals surface area (Å²) in [7, 11) is 1.64. The second kappa shape index (κ2) is 3.87. The van der Waals surface area contributed by atoms with E-state index in [1.807, 2.05) is 24.3 Å². The van der Waals surface area contributed by atoms with E-state index in [0.717, 1.165) is 17.0 Å². The van der Waals surface area contributed by atoms with E-state index in [2.05, 4.69) is 9.97 Å². The molecule has 0 saturated carbocycles. The van der Waals surface area contributed by atoms with Gasteiger partial charge < -0.3 is 4.74 Å². The van der Waals surface area contributed by atoms with Gasteiger partial charge >= 0.3 is 0 Å². The molecule has 0 atom stereocenters. The third-order valence-corrected chi connectivity index (χ3v) is 1.94. The van der Waals surface area contributed by atoms with Gasteiger partial charge in [0.05, 0.1) is 18.4 Å². The summed E-state index contributed by atoms with van der Waals surface area (Å²) < 4.78 is 5.22. The number of pyridine rings is 2. The summed E-state index contributed by atoms with van der Waals surface area (Å²) in [6.07, 6.45) is 5.20. The van der Waals surface area contributed by atoms with Crippen LogP contribution < -0.4 is 4.74 Å². The van der Waals surface area contributed by atoms with Crippen LogP contribution in [0.5, 0.6) is 5.75 Å². The molecule has 2 rings (SSSR count). The fourth-order valence-electron chi connectivity index (χ4n) is 1.27. The van der Waals surface area contributed by atoms with Crippen molar-refractivity contribution in [1.82, 2.24) is 9.97 Å². The molecule has 2 aromatic heterocycles. The zero-order valence-corrected chi connectivity index (χ0v) is 7.84. The van der Waals surface area contributed by atoms with Crippen molar-refractivity contribution in [3.63, 3.8) is 0 Å². The van der Waals surface area contributed by atoms with Crippen LogP contribution in [0.25, 0.3) is 11.3 Å². The Morgan fingerprint density at radius 1 is 1.14 bits per heavy atom. The fraction of sp³-hybridized carbons (Fsp3) is 0.0909. The summed E-state index contributed by atoms with van der Waals surface area (Å²) >= 11 is 0. The largest absolute Gasteiger partial charge is 0.496 e. The minimum Gasteiger partial charge on any atom is -0.496 e. The Kier molecular flexibility index (Phi) is 2.40. The van der Waals surface area contributed by atoms with Gasteiger partial charge in [-0.05, 0) is 18.2 Å². The molecule has 3 heteroatoms. The van der Waals surface area contributed by atoms with Crippen LogP contribution in [0.15, 0.2) is 42.9 Å². The summed E-state index contributed by atoms with van der Waals surface area (Å²) in [6.45, 7) is 0. The van der Waals surface area contributed by atoms with Gasteiger partial charge in [0, 0.05) is 18.6 Å². The van der Waals surface area contributed by atoms with Crippen LogP contribution in [0.1, 0.15) is 0 Å². The van der Waals surface area contributed by atoms with Gasteiger partial charge in [0.1, 0.15) is 5.75 Å². The van der Waals surface area contributed by atoms with Gasteiger partial charge in [0.2, 0.25) is 0 Å². The maximum Gasteiger partial charge on any atom is 0.131 e. The van der Waals surface area contributed by atoms with Crippen LogP contribution in [0.3, 0.4) is 0 Å². The number of hydrogen-bond acceptors (Lipinski definition) is 3. The van der Waals surface area contributed by atoms with Crippen LogP contribution in [0.4, 0.5) is 0 Å². The summed E-state index contributed by atoms with van der Waals surface area (Å²) in [4.78, 5) is 8.29. The monoisotopic (exact) mass is 186 g/mol. The van der Waals surface area contributed by atoms with Gasteiger partial charge in [-0.3, -0.25) is 9.97 Å². The molecule has 0 spiro atoms. The van der Waals surface area contributed by atoms with Crippen molar-refractivity contribution in [3.05, 3.63) is 42.9 Å². The second-order valence-electron chi connectivity index (χ2n) is 2.79. The Hall–Kier alpha value is -1.90. The molecule has 14 heavy (non-hydrogen) atoms. The van der Waals surface area contributed by atoms with E-state index in [-0.39, 0.29) is 0 Å². The molecular weight excluding hydrogens is 176 g/mol. The van der Waals surface area contributed by atoms with E-state index in [9.17, 15) is 0 Å². The molecule has 0 unspecified atom stereocenters. The Morgan fingerprint density at radius 2 is 2.07 bits per heavy atom. The average Bonchev–Trinajstić information content (AvgIpc) is 2.30. The van der Waals surface area contributed by atoms with E-state index in [1.54, 1.807) is 25.7 Å². The Morgan fingerprint density at radius 3 is 2.79 bits per heavy atom. The average molecular weight is 186 g/mol. The smallest absolute Gasteiger partial charge is 0.131 e. The van der Waals surface area contributed by atoms with Crippen molar-refractivity contribution >= 4 is 0 Å². The minimum atomic E-state index is 0.790. The van der Waals surface area contributed by atoms with Crippen molar-refractivity contribution < 1.29 is 4.74 Å². The third kappa shape index (κ3) is 1.57. The van der Waals surface area contributed by atoms with Crippen LogP contribution >= 0.6 is 0 Å². The molecule has 0 bridgehead atoms. The first-order chi connectivity index (χ1) is 6.92. The summed E-state index contributed by atoms with van der Waals surface area (Å²) in [5.74, 6) is 0.790. The van der Waals surface area contributed by atoms with E-state index in [0.29, 0.717) is 0 Å². The maximum atomic E-state index is 5.22.